The molecule has 0 rings (SSSR count). The minimum Gasteiger partial charge on any atom is -0.447 e. The Labute approximate surface area is 93.8 Å². The molecule has 1 amide bonds. The number of hydrogen-bond acceptors (Lipinski definition) is 6. The van der Waals surface area contributed by atoms with Crippen LogP contribution in [0.25, 0.3) is 0 Å². The van der Waals surface area contributed by atoms with Crippen LogP contribution in [0.15, 0.2) is 0 Å². The van der Waals surface area contributed by atoms with Gasteiger partial charge in [-0.3, -0.25) is 0 Å². The van der Waals surface area contributed by atoms with Gasteiger partial charge in [0.2, 0.25) is 0 Å². The smallest absolute Gasteiger partial charge is 0.404 e. The number of carbonyl (C=O) groups is 2. The lowest BCUT2D eigenvalue weighted by Gasteiger charge is -2.05. The fourth-order valence-corrected chi connectivity index (χ4v) is 0.772. The van der Waals surface area contributed by atoms with E-state index in [1.165, 1.54) is 0 Å². The zero-order valence-electron chi connectivity index (χ0n) is 9.05. The maximum absolute atomic E-state index is 10.1. The molecule has 0 aromatic carbocycles. The number of ether oxygens (including phenoxy) is 4. The van der Waals surface area contributed by atoms with E-state index >= 15 is 0 Å². The molecule has 0 aliphatic carbocycles. The fourth-order valence-electron chi connectivity index (χ4n) is 0.772. The molecule has 0 unspecified atom stereocenters. The summed E-state index contributed by atoms with van der Waals surface area (Å²) in [6.45, 7) is 2.12. The Morgan fingerprint density at radius 1 is 0.938 bits per heavy atom. The van der Waals surface area contributed by atoms with Crippen LogP contribution in [0.2, 0.25) is 0 Å². The Morgan fingerprint density at radius 3 is 1.94 bits per heavy atom. The van der Waals surface area contributed by atoms with E-state index in [1.807, 2.05) is 0 Å². The van der Waals surface area contributed by atoms with E-state index in [4.69, 9.17) is 19.9 Å². The van der Waals surface area contributed by atoms with Crippen LogP contribution >= 0.6 is 0 Å². The maximum Gasteiger partial charge on any atom is 0.404 e. The molecule has 0 aromatic heterocycles. The molecule has 16 heavy (non-hydrogen) atoms. The summed E-state index contributed by atoms with van der Waals surface area (Å²) < 4.78 is 19.4. The van der Waals surface area contributed by atoms with Gasteiger partial charge in [0, 0.05) is 0 Å². The molecular weight excluding hydrogens is 218 g/mol. The van der Waals surface area contributed by atoms with Crippen molar-refractivity contribution in [1.82, 2.24) is 0 Å². The van der Waals surface area contributed by atoms with Gasteiger partial charge in [-0.15, -0.1) is 0 Å². The molecule has 0 aliphatic rings. The topological polar surface area (TPSA) is 97.1 Å². The number of amides is 1. The van der Waals surface area contributed by atoms with Crippen LogP contribution in [0.4, 0.5) is 4.79 Å². The minimum absolute atomic E-state index is 0.0876. The van der Waals surface area contributed by atoms with Gasteiger partial charge in [0.25, 0.3) is 0 Å². The van der Waals surface area contributed by atoms with Crippen LogP contribution in [-0.4, -0.2) is 58.6 Å². The predicted molar refractivity (Wildman–Crippen MR) is 54.1 cm³/mol. The predicted octanol–water partition coefficient (Wildman–Crippen LogP) is -0.670. The molecule has 0 bridgehead atoms. The number of nitrogens with two attached hydrogens (primary N) is 1. The summed E-state index contributed by atoms with van der Waals surface area (Å²) in [5, 5.41) is 0. The molecule has 0 radical (unpaired) electrons. The standard InChI is InChI=1S/C9H17NO6/c10-9(12)16-8-7-15-6-5-14-4-3-13-2-1-11/h1H,2-8H2,(H2,10,12). The maximum atomic E-state index is 10.1. The van der Waals surface area contributed by atoms with Crippen molar-refractivity contribution in [1.29, 1.82) is 0 Å². The Bertz CT molecular complexity index is 187. The van der Waals surface area contributed by atoms with Gasteiger partial charge in [0.15, 0.2) is 0 Å². The molecule has 94 valence electrons. The van der Waals surface area contributed by atoms with Gasteiger partial charge in [-0.1, -0.05) is 0 Å². The first-order valence-corrected chi connectivity index (χ1v) is 4.86. The first kappa shape index (κ1) is 14.8. The highest BCUT2D eigenvalue weighted by Gasteiger charge is 1.94. The number of primary amides is 1. The van der Waals surface area contributed by atoms with Crippen LogP contribution in [0.1, 0.15) is 0 Å². The number of carbonyl (C=O) groups excluding carboxylic acids is 2. The van der Waals surface area contributed by atoms with E-state index in [-0.39, 0.29) is 19.8 Å². The van der Waals surface area contributed by atoms with Crippen molar-refractivity contribution in [3.63, 3.8) is 0 Å². The van der Waals surface area contributed by atoms with Gasteiger partial charge in [-0.2, -0.15) is 0 Å². The Morgan fingerprint density at radius 2 is 1.44 bits per heavy atom. The molecule has 0 fully saturated rings. The van der Waals surface area contributed by atoms with Crippen molar-refractivity contribution in [2.24, 2.45) is 5.73 Å². The Balaban J connectivity index is 2.93. The zero-order valence-corrected chi connectivity index (χ0v) is 9.05. The molecule has 0 spiro atoms. The highest BCUT2D eigenvalue weighted by atomic mass is 16.6. The summed E-state index contributed by atoms with van der Waals surface area (Å²) in [7, 11) is 0. The number of rotatable bonds is 11. The largest absolute Gasteiger partial charge is 0.447 e. The lowest BCUT2D eigenvalue weighted by molar-refractivity contribution is -0.112. The second-order valence-corrected chi connectivity index (χ2v) is 2.63. The first-order chi connectivity index (χ1) is 7.77. The van der Waals surface area contributed by atoms with Crippen molar-refractivity contribution < 1.29 is 28.5 Å². The van der Waals surface area contributed by atoms with E-state index < -0.39 is 6.09 Å². The second-order valence-electron chi connectivity index (χ2n) is 2.63. The number of aldehydes is 1. The van der Waals surface area contributed by atoms with E-state index in [0.717, 1.165) is 0 Å². The van der Waals surface area contributed by atoms with Crippen LogP contribution < -0.4 is 5.73 Å². The minimum atomic E-state index is -0.813. The molecule has 7 heteroatoms. The van der Waals surface area contributed by atoms with Gasteiger partial charge in [-0.05, 0) is 0 Å². The second kappa shape index (κ2) is 11.9. The van der Waals surface area contributed by atoms with E-state index in [2.05, 4.69) is 4.74 Å². The van der Waals surface area contributed by atoms with Gasteiger partial charge in [0.1, 0.15) is 19.5 Å². The molecule has 2 N–H and O–H groups in total. The molecule has 0 saturated heterocycles. The van der Waals surface area contributed by atoms with E-state index in [1.54, 1.807) is 0 Å². The summed E-state index contributed by atoms with van der Waals surface area (Å²) in [4.78, 5) is 20.0. The fraction of sp³-hybridized carbons (Fsp3) is 0.778. The SMILES string of the molecule is NC(=O)OCCOCCOCCOCC=O. The average molecular weight is 235 g/mol. The Kier molecular flexibility index (Phi) is 11.0. The highest BCUT2D eigenvalue weighted by molar-refractivity contribution is 5.64. The van der Waals surface area contributed by atoms with Crippen molar-refractivity contribution in [3.05, 3.63) is 0 Å². The zero-order chi connectivity index (χ0) is 12.1. The van der Waals surface area contributed by atoms with Crippen molar-refractivity contribution >= 4 is 12.4 Å². The third kappa shape index (κ3) is 12.8. The van der Waals surface area contributed by atoms with Gasteiger partial charge in [-0.25, -0.2) is 4.79 Å². The van der Waals surface area contributed by atoms with Gasteiger partial charge in [0.05, 0.1) is 33.0 Å². The number of hydrogen-bond donors (Lipinski definition) is 1. The van der Waals surface area contributed by atoms with E-state index in [9.17, 15) is 9.59 Å². The Hall–Kier alpha value is -1.18. The molecule has 0 aromatic rings. The van der Waals surface area contributed by atoms with Crippen LogP contribution in [0.5, 0.6) is 0 Å². The molecule has 7 nitrogen and oxygen atoms in total. The third-order valence-corrected chi connectivity index (χ3v) is 1.40. The van der Waals surface area contributed by atoms with Crippen LogP contribution in [0.3, 0.4) is 0 Å². The molecule has 0 aliphatic heterocycles. The first-order valence-electron chi connectivity index (χ1n) is 4.86. The summed E-state index contributed by atoms with van der Waals surface area (Å²) >= 11 is 0. The third-order valence-electron chi connectivity index (χ3n) is 1.40. The monoisotopic (exact) mass is 235 g/mol. The lowest BCUT2D eigenvalue weighted by Crippen LogP contribution is -2.17. The summed E-state index contributed by atoms with van der Waals surface area (Å²) in [5.74, 6) is 0. The van der Waals surface area contributed by atoms with E-state index in [0.29, 0.717) is 32.7 Å². The summed E-state index contributed by atoms with van der Waals surface area (Å²) in [6, 6.07) is 0. The van der Waals surface area contributed by atoms with Crippen molar-refractivity contribution in [2.75, 3.05) is 46.2 Å². The van der Waals surface area contributed by atoms with Crippen molar-refractivity contribution in [2.45, 2.75) is 0 Å². The van der Waals surface area contributed by atoms with Crippen LogP contribution in [0, 0.1) is 0 Å². The molecule has 0 heterocycles. The molecule has 0 saturated carbocycles. The highest BCUT2D eigenvalue weighted by Crippen LogP contribution is 1.81. The average Bonchev–Trinajstić information content (AvgIpc) is 2.25. The van der Waals surface area contributed by atoms with Gasteiger partial charge >= 0.3 is 6.09 Å². The van der Waals surface area contributed by atoms with Gasteiger partial charge < -0.3 is 29.5 Å². The van der Waals surface area contributed by atoms with Crippen LogP contribution in [-0.2, 0) is 23.7 Å². The van der Waals surface area contributed by atoms with Crippen molar-refractivity contribution in [3.8, 4) is 0 Å². The summed E-state index contributed by atoms with van der Waals surface area (Å²) in [6.07, 6.45) is -0.130. The quantitative estimate of drug-likeness (QED) is 0.377. The molecule has 0 atom stereocenters. The lowest BCUT2D eigenvalue weighted by atomic mass is 10.7. The summed E-state index contributed by atoms with van der Waals surface area (Å²) in [5.41, 5.74) is 4.73. The molecular formula is C9H17NO6. The normalized spacial score (nSPS) is 10.0.